The molecule has 5 heteroatoms. The standard InChI is InChI=1S/C19H15ClFNO2/c1-2-24-19(23)16-13-8-3-4-9-14(13)17(21)15(18(16)22)11-6-5-7-12(20)10-11/h3-10H,2,22H2,1H3. The second kappa shape index (κ2) is 6.49. The molecule has 0 spiro atoms. The maximum atomic E-state index is 15.1. The molecule has 0 fully saturated rings. The van der Waals surface area contributed by atoms with Crippen LogP contribution >= 0.6 is 11.6 Å². The van der Waals surface area contributed by atoms with E-state index < -0.39 is 11.8 Å². The first-order chi connectivity index (χ1) is 11.5. The van der Waals surface area contributed by atoms with Gasteiger partial charge in [0.25, 0.3) is 0 Å². The first-order valence-corrected chi connectivity index (χ1v) is 7.85. The Morgan fingerprint density at radius 3 is 2.54 bits per heavy atom. The van der Waals surface area contributed by atoms with E-state index in [1.807, 2.05) is 0 Å². The van der Waals surface area contributed by atoms with Crippen LogP contribution in [0.5, 0.6) is 0 Å². The number of halogens is 2. The summed E-state index contributed by atoms with van der Waals surface area (Å²) < 4.78 is 20.2. The third-order valence-electron chi connectivity index (χ3n) is 3.78. The fourth-order valence-corrected chi connectivity index (χ4v) is 2.96. The molecule has 2 N–H and O–H groups in total. The first kappa shape index (κ1) is 16.3. The summed E-state index contributed by atoms with van der Waals surface area (Å²) in [5.74, 6) is -1.06. The average molecular weight is 344 g/mol. The lowest BCUT2D eigenvalue weighted by Gasteiger charge is -2.16. The highest BCUT2D eigenvalue weighted by atomic mass is 35.5. The number of anilines is 1. The average Bonchev–Trinajstić information content (AvgIpc) is 2.55. The lowest BCUT2D eigenvalue weighted by atomic mass is 9.93. The van der Waals surface area contributed by atoms with Crippen molar-refractivity contribution in [2.45, 2.75) is 6.92 Å². The second-order valence-electron chi connectivity index (χ2n) is 5.25. The number of hydrogen-bond donors (Lipinski definition) is 1. The highest BCUT2D eigenvalue weighted by Gasteiger charge is 2.23. The van der Waals surface area contributed by atoms with Gasteiger partial charge in [0.05, 0.1) is 17.9 Å². The van der Waals surface area contributed by atoms with E-state index in [-0.39, 0.29) is 23.4 Å². The Morgan fingerprint density at radius 1 is 1.17 bits per heavy atom. The van der Waals surface area contributed by atoms with Gasteiger partial charge in [0.1, 0.15) is 5.82 Å². The van der Waals surface area contributed by atoms with E-state index in [1.54, 1.807) is 55.5 Å². The lowest BCUT2D eigenvalue weighted by Crippen LogP contribution is -2.11. The van der Waals surface area contributed by atoms with Crippen LogP contribution in [0.4, 0.5) is 10.1 Å². The molecule has 3 aromatic carbocycles. The molecule has 0 atom stereocenters. The van der Waals surface area contributed by atoms with E-state index in [9.17, 15) is 4.79 Å². The van der Waals surface area contributed by atoms with Crippen LogP contribution in [0, 0.1) is 5.82 Å². The number of benzene rings is 3. The van der Waals surface area contributed by atoms with Gasteiger partial charge in [0.15, 0.2) is 0 Å². The SMILES string of the molecule is CCOC(=O)c1c(N)c(-c2cccc(Cl)c2)c(F)c2ccccc12. The Balaban J connectivity index is 2.40. The van der Waals surface area contributed by atoms with Crippen LogP contribution in [0.25, 0.3) is 21.9 Å². The number of esters is 1. The highest BCUT2D eigenvalue weighted by molar-refractivity contribution is 6.31. The maximum absolute atomic E-state index is 15.1. The molecule has 122 valence electrons. The number of carbonyl (C=O) groups excluding carboxylic acids is 1. The van der Waals surface area contributed by atoms with Crippen LogP contribution in [0.2, 0.25) is 5.02 Å². The molecule has 24 heavy (non-hydrogen) atoms. The van der Waals surface area contributed by atoms with E-state index in [2.05, 4.69) is 0 Å². The summed E-state index contributed by atoms with van der Waals surface area (Å²) in [7, 11) is 0. The van der Waals surface area contributed by atoms with Crippen molar-refractivity contribution in [2.24, 2.45) is 0 Å². The molecule has 0 aliphatic heterocycles. The van der Waals surface area contributed by atoms with E-state index in [4.69, 9.17) is 22.1 Å². The van der Waals surface area contributed by atoms with Gasteiger partial charge in [-0.15, -0.1) is 0 Å². The number of ether oxygens (including phenoxy) is 1. The molecular weight excluding hydrogens is 329 g/mol. The molecule has 0 heterocycles. The Hall–Kier alpha value is -2.59. The summed E-state index contributed by atoms with van der Waals surface area (Å²) in [6.07, 6.45) is 0. The minimum Gasteiger partial charge on any atom is -0.462 e. The minimum atomic E-state index is -0.575. The van der Waals surface area contributed by atoms with Gasteiger partial charge >= 0.3 is 5.97 Å². The molecule has 0 radical (unpaired) electrons. The van der Waals surface area contributed by atoms with Gasteiger partial charge in [0.2, 0.25) is 0 Å². The normalized spacial score (nSPS) is 10.8. The third kappa shape index (κ3) is 2.69. The summed E-state index contributed by atoms with van der Waals surface area (Å²) in [6, 6.07) is 13.4. The molecular formula is C19H15ClFNO2. The van der Waals surface area contributed by atoms with Crippen molar-refractivity contribution in [3.63, 3.8) is 0 Å². The molecule has 3 nitrogen and oxygen atoms in total. The van der Waals surface area contributed by atoms with Gasteiger partial charge < -0.3 is 10.5 Å². The molecule has 0 saturated carbocycles. The van der Waals surface area contributed by atoms with Gasteiger partial charge in [-0.2, -0.15) is 0 Å². The summed E-state index contributed by atoms with van der Waals surface area (Å²) in [5, 5.41) is 1.19. The molecule has 0 saturated heterocycles. The van der Waals surface area contributed by atoms with Gasteiger partial charge in [-0.25, -0.2) is 9.18 Å². The molecule has 0 amide bonds. The van der Waals surface area contributed by atoms with E-state index >= 15 is 4.39 Å². The predicted molar refractivity (Wildman–Crippen MR) is 94.7 cm³/mol. The van der Waals surface area contributed by atoms with Gasteiger partial charge in [-0.1, -0.05) is 48.0 Å². The number of hydrogen-bond acceptors (Lipinski definition) is 3. The van der Waals surface area contributed by atoms with E-state index in [0.717, 1.165) is 0 Å². The van der Waals surface area contributed by atoms with Crippen molar-refractivity contribution in [3.05, 3.63) is 64.9 Å². The van der Waals surface area contributed by atoms with Crippen molar-refractivity contribution in [1.82, 2.24) is 0 Å². The van der Waals surface area contributed by atoms with Crippen molar-refractivity contribution >= 4 is 34.0 Å². The Labute approximate surface area is 143 Å². The lowest BCUT2D eigenvalue weighted by molar-refractivity contribution is 0.0530. The fourth-order valence-electron chi connectivity index (χ4n) is 2.76. The number of nitrogens with two attached hydrogens (primary N) is 1. The maximum Gasteiger partial charge on any atom is 0.340 e. The quantitative estimate of drug-likeness (QED) is 0.534. The molecule has 3 aromatic rings. The minimum absolute atomic E-state index is 0.0481. The monoisotopic (exact) mass is 343 g/mol. The molecule has 0 aromatic heterocycles. The summed E-state index contributed by atoms with van der Waals surface area (Å²) >= 11 is 6.01. The topological polar surface area (TPSA) is 52.3 Å². The van der Waals surface area contributed by atoms with Crippen molar-refractivity contribution in [3.8, 4) is 11.1 Å². The highest BCUT2D eigenvalue weighted by Crippen LogP contribution is 2.39. The summed E-state index contributed by atoms with van der Waals surface area (Å²) in [5.41, 5.74) is 7.06. The van der Waals surface area contributed by atoms with Gasteiger partial charge in [-0.05, 0) is 24.6 Å². The first-order valence-electron chi connectivity index (χ1n) is 7.47. The smallest absolute Gasteiger partial charge is 0.340 e. The Morgan fingerprint density at radius 2 is 1.88 bits per heavy atom. The van der Waals surface area contributed by atoms with Crippen LogP contribution in [0.15, 0.2) is 48.5 Å². The summed E-state index contributed by atoms with van der Waals surface area (Å²) in [4.78, 5) is 12.4. The zero-order valence-electron chi connectivity index (χ0n) is 13.0. The number of nitrogen functional groups attached to an aromatic ring is 1. The Kier molecular flexibility index (Phi) is 4.40. The van der Waals surface area contributed by atoms with Crippen molar-refractivity contribution in [2.75, 3.05) is 12.3 Å². The van der Waals surface area contributed by atoms with Crippen LogP contribution in [-0.4, -0.2) is 12.6 Å². The van der Waals surface area contributed by atoms with Crippen LogP contribution in [-0.2, 0) is 4.74 Å². The molecule has 0 aliphatic rings. The fraction of sp³-hybridized carbons (Fsp3) is 0.105. The zero-order valence-corrected chi connectivity index (χ0v) is 13.7. The summed E-state index contributed by atoms with van der Waals surface area (Å²) in [6.45, 7) is 1.91. The zero-order chi connectivity index (χ0) is 17.3. The van der Waals surface area contributed by atoms with E-state index in [0.29, 0.717) is 21.4 Å². The molecule has 3 rings (SSSR count). The van der Waals surface area contributed by atoms with E-state index in [1.165, 1.54) is 0 Å². The Bertz CT molecular complexity index is 940. The van der Waals surface area contributed by atoms with Gasteiger partial charge in [-0.3, -0.25) is 0 Å². The van der Waals surface area contributed by atoms with Crippen LogP contribution < -0.4 is 5.73 Å². The van der Waals surface area contributed by atoms with Gasteiger partial charge in [0, 0.05) is 21.4 Å². The largest absolute Gasteiger partial charge is 0.462 e. The number of fused-ring (bicyclic) bond motifs is 1. The van der Waals surface area contributed by atoms with Crippen LogP contribution in [0.3, 0.4) is 0 Å². The molecule has 0 unspecified atom stereocenters. The molecule has 0 bridgehead atoms. The molecule has 0 aliphatic carbocycles. The predicted octanol–water partition coefficient (Wildman–Crippen LogP) is 5.06. The second-order valence-corrected chi connectivity index (χ2v) is 5.69. The third-order valence-corrected chi connectivity index (χ3v) is 4.02. The number of rotatable bonds is 3. The number of carbonyl (C=O) groups is 1. The van der Waals surface area contributed by atoms with Crippen LogP contribution in [0.1, 0.15) is 17.3 Å². The van der Waals surface area contributed by atoms with Crippen molar-refractivity contribution < 1.29 is 13.9 Å². The van der Waals surface area contributed by atoms with Crippen molar-refractivity contribution in [1.29, 1.82) is 0 Å².